The lowest BCUT2D eigenvalue weighted by atomic mass is 10.0. The zero-order valence-corrected chi connectivity index (χ0v) is 26.7. The highest BCUT2D eigenvalue weighted by atomic mass is 32.5. The van der Waals surface area contributed by atoms with E-state index in [1.54, 1.807) is 55.5 Å². The first kappa shape index (κ1) is 33.2. The number of nitrogens with one attached hydrogen (secondary N) is 2. The van der Waals surface area contributed by atoms with E-state index in [9.17, 15) is 33.7 Å². The fourth-order valence-corrected chi connectivity index (χ4v) is 7.76. The average molecular weight is 682 g/mol. The van der Waals surface area contributed by atoms with Crippen LogP contribution in [-0.2, 0) is 14.7 Å². The van der Waals surface area contributed by atoms with Gasteiger partial charge >= 0.3 is 16.3 Å². The van der Waals surface area contributed by atoms with Gasteiger partial charge in [-0.3, -0.25) is 0 Å². The fourth-order valence-electron chi connectivity index (χ4n) is 5.15. The summed E-state index contributed by atoms with van der Waals surface area (Å²) in [5.74, 6) is 0. The summed E-state index contributed by atoms with van der Waals surface area (Å²) in [4.78, 5) is 14.2. The van der Waals surface area contributed by atoms with Gasteiger partial charge in [-0.2, -0.15) is 5.26 Å². The first-order valence-corrected chi connectivity index (χ1v) is 17.6. The third kappa shape index (κ3) is 7.46. The molecule has 2 heterocycles. The molecule has 1 atom stereocenters. The van der Waals surface area contributed by atoms with Crippen molar-refractivity contribution in [3.05, 3.63) is 78.5 Å². The van der Waals surface area contributed by atoms with E-state index in [0.29, 0.717) is 30.5 Å². The number of benzene rings is 3. The predicted octanol–water partition coefficient (Wildman–Crippen LogP) is 9.62. The molecule has 1 aliphatic heterocycles. The topological polar surface area (TPSA) is 111 Å². The lowest BCUT2D eigenvalue weighted by Gasteiger charge is -2.40. The Bertz CT molecular complexity index is 1950. The minimum atomic E-state index is -9.78. The van der Waals surface area contributed by atoms with Gasteiger partial charge in [-0.05, 0) is 93.3 Å². The molecule has 1 fully saturated rings. The standard InChI is InChI=1S/C31H32F5N5O3S2/c1-31(2,3)44-30(42)40-45(43,26-9-4-21(5-10-26)22-6-13-29-28(18-22)23(19-37)20-38-29)41-16-14-25(15-17-41)39-24-7-11-27(12-8-24)46(32,33,34,35)36/h4-13,18,20,25,38-39H,14-17H2,1-3H3. The van der Waals surface area contributed by atoms with E-state index in [4.69, 9.17) is 4.74 Å². The Morgan fingerprint density at radius 3 is 2.17 bits per heavy atom. The number of hydrogen-bond donors (Lipinski definition) is 2. The highest BCUT2D eigenvalue weighted by molar-refractivity contribution is 8.45. The summed E-state index contributed by atoms with van der Waals surface area (Å²) < 4.78 is 91.0. The van der Waals surface area contributed by atoms with Gasteiger partial charge in [0.05, 0.1) is 10.5 Å². The molecule has 5 rings (SSSR count). The summed E-state index contributed by atoms with van der Waals surface area (Å²) >= 11 is 0. The molecule has 0 bridgehead atoms. The molecule has 1 saturated heterocycles. The molecule has 46 heavy (non-hydrogen) atoms. The first-order valence-electron chi connectivity index (χ1n) is 14.2. The molecule has 246 valence electrons. The predicted molar refractivity (Wildman–Crippen MR) is 170 cm³/mol. The molecule has 2 N–H and O–H groups in total. The van der Waals surface area contributed by atoms with Crippen LogP contribution in [0.15, 0.2) is 87.1 Å². The number of amides is 1. The maximum atomic E-state index is 14.6. The number of anilines is 1. The van der Waals surface area contributed by atoms with Gasteiger partial charge in [-0.15, -0.1) is 4.36 Å². The maximum absolute atomic E-state index is 14.6. The molecule has 0 radical (unpaired) electrons. The minimum absolute atomic E-state index is 0.204. The Kier molecular flexibility index (Phi) is 7.94. The maximum Gasteiger partial charge on any atom is 0.443 e. The Balaban J connectivity index is 1.38. The number of fused-ring (bicyclic) bond motifs is 1. The fraction of sp³-hybridized carbons (Fsp3) is 0.290. The number of piperidine rings is 1. The summed E-state index contributed by atoms with van der Waals surface area (Å²) in [6.07, 6.45) is 1.39. The van der Waals surface area contributed by atoms with Gasteiger partial charge in [0.1, 0.15) is 26.5 Å². The third-order valence-corrected chi connectivity index (χ3v) is 10.9. The van der Waals surface area contributed by atoms with Crippen molar-refractivity contribution in [2.45, 2.75) is 55.0 Å². The van der Waals surface area contributed by atoms with Gasteiger partial charge in [-0.1, -0.05) is 37.6 Å². The van der Waals surface area contributed by atoms with E-state index in [1.165, 1.54) is 0 Å². The number of halogens is 5. The first-order chi connectivity index (χ1) is 21.2. The molecular weight excluding hydrogens is 649 g/mol. The van der Waals surface area contributed by atoms with Gasteiger partial charge in [0.15, 0.2) is 0 Å². The van der Waals surface area contributed by atoms with Crippen molar-refractivity contribution in [2.24, 2.45) is 4.36 Å². The molecule has 0 spiro atoms. The Morgan fingerprint density at radius 2 is 1.61 bits per heavy atom. The van der Waals surface area contributed by atoms with Crippen LogP contribution in [-0.4, -0.2) is 44.3 Å². The number of rotatable bonds is 6. The minimum Gasteiger partial charge on any atom is -0.442 e. The molecule has 1 amide bonds. The van der Waals surface area contributed by atoms with E-state index < -0.39 is 36.7 Å². The normalized spacial score (nSPS) is 17.7. The number of carbonyl (C=O) groups excluding carboxylic acids is 1. The van der Waals surface area contributed by atoms with E-state index in [-0.39, 0.29) is 29.7 Å². The molecule has 15 heteroatoms. The van der Waals surface area contributed by atoms with Crippen molar-refractivity contribution in [1.29, 1.82) is 5.26 Å². The number of H-pyrrole nitrogens is 1. The van der Waals surface area contributed by atoms with Crippen molar-refractivity contribution in [2.75, 3.05) is 18.4 Å². The van der Waals surface area contributed by atoms with Crippen LogP contribution in [0.5, 0.6) is 0 Å². The second-order valence-corrected chi connectivity index (χ2v) is 16.6. The second kappa shape index (κ2) is 11.0. The number of aromatic nitrogens is 1. The number of nitrogens with zero attached hydrogens (tertiary/aromatic N) is 3. The molecular formula is C31H32F5N5O3S2. The van der Waals surface area contributed by atoms with Crippen LogP contribution >= 0.6 is 10.2 Å². The summed E-state index contributed by atoms with van der Waals surface area (Å²) in [6, 6.07) is 16.9. The zero-order valence-electron chi connectivity index (χ0n) is 25.1. The highest BCUT2D eigenvalue weighted by Crippen LogP contribution is 3.02. The largest absolute Gasteiger partial charge is 0.443 e. The van der Waals surface area contributed by atoms with Crippen LogP contribution in [0.3, 0.4) is 0 Å². The Labute approximate surface area is 263 Å². The van der Waals surface area contributed by atoms with E-state index in [0.717, 1.165) is 34.2 Å². The average Bonchev–Trinajstić information content (AvgIpc) is 3.38. The van der Waals surface area contributed by atoms with Crippen LogP contribution in [0.2, 0.25) is 0 Å². The third-order valence-electron chi connectivity index (χ3n) is 7.36. The summed E-state index contributed by atoms with van der Waals surface area (Å²) in [7, 11) is -13.3. The number of carbonyl (C=O) groups is 1. The molecule has 0 aliphatic carbocycles. The summed E-state index contributed by atoms with van der Waals surface area (Å²) in [5.41, 5.74) is 2.29. The van der Waals surface area contributed by atoms with Gasteiger partial charge < -0.3 is 15.0 Å². The molecule has 1 unspecified atom stereocenters. The van der Waals surface area contributed by atoms with E-state index in [1.807, 2.05) is 18.2 Å². The Morgan fingerprint density at radius 1 is 1.00 bits per heavy atom. The molecule has 4 aromatic rings. The number of ether oxygens (including phenoxy) is 1. The van der Waals surface area contributed by atoms with Gasteiger partial charge in [0.2, 0.25) is 0 Å². The lowest BCUT2D eigenvalue weighted by Crippen LogP contribution is -2.42. The molecule has 0 saturated carbocycles. The van der Waals surface area contributed by atoms with Crippen LogP contribution in [0, 0.1) is 11.3 Å². The zero-order chi connectivity index (χ0) is 33.6. The van der Waals surface area contributed by atoms with Crippen molar-refractivity contribution in [3.8, 4) is 17.2 Å². The van der Waals surface area contributed by atoms with Gasteiger partial charge in [0.25, 0.3) is 0 Å². The van der Waals surface area contributed by atoms with E-state index in [2.05, 4.69) is 20.7 Å². The highest BCUT2D eigenvalue weighted by Gasteiger charge is 2.65. The quantitative estimate of drug-likeness (QED) is 0.197. The number of hydrogen-bond acceptors (Lipinski definition) is 5. The van der Waals surface area contributed by atoms with Crippen molar-refractivity contribution in [3.63, 3.8) is 0 Å². The molecule has 3 aromatic carbocycles. The van der Waals surface area contributed by atoms with Crippen molar-refractivity contribution >= 4 is 42.8 Å². The Hall–Kier alpha value is -4.13. The molecule has 1 aliphatic rings. The number of nitriles is 1. The van der Waals surface area contributed by atoms with Gasteiger partial charge in [0, 0.05) is 41.9 Å². The summed E-state index contributed by atoms with van der Waals surface area (Å²) in [5, 5.41) is 13.2. The monoisotopic (exact) mass is 681 g/mol. The number of aromatic amines is 1. The molecule has 1 aromatic heterocycles. The van der Waals surface area contributed by atoms with E-state index >= 15 is 0 Å². The van der Waals surface area contributed by atoms with Gasteiger partial charge in [-0.25, -0.2) is 13.3 Å². The van der Waals surface area contributed by atoms with Crippen LogP contribution < -0.4 is 5.32 Å². The SMILES string of the molecule is CC(C)(C)OC(=O)N=S(=O)(c1ccc(-c2ccc3[nH]cc(C#N)c3c2)cc1)N1CCC(Nc2ccc(S(F)(F)(F)(F)F)cc2)CC1. The lowest BCUT2D eigenvalue weighted by molar-refractivity contribution is 0.0606. The van der Waals surface area contributed by atoms with Crippen LogP contribution in [0.4, 0.5) is 29.9 Å². The smallest absolute Gasteiger partial charge is 0.442 e. The second-order valence-electron chi connectivity index (χ2n) is 12.0. The molecule has 8 nitrogen and oxygen atoms in total. The van der Waals surface area contributed by atoms with Crippen LogP contribution in [0.1, 0.15) is 39.2 Å². The van der Waals surface area contributed by atoms with Crippen molar-refractivity contribution in [1.82, 2.24) is 9.29 Å². The van der Waals surface area contributed by atoms with Crippen molar-refractivity contribution < 1.29 is 33.2 Å². The summed E-state index contributed by atoms with van der Waals surface area (Å²) in [6.45, 7) is 5.40. The van der Waals surface area contributed by atoms with Crippen LogP contribution in [0.25, 0.3) is 22.0 Å².